The van der Waals surface area contributed by atoms with Gasteiger partial charge in [-0.3, -0.25) is 9.88 Å². The number of likely N-dealkylation sites (tertiary alicyclic amines) is 1. The summed E-state index contributed by atoms with van der Waals surface area (Å²) in [6.45, 7) is 4.12. The number of pyridine rings is 1. The number of fused-ring (bicyclic) bond motifs is 1. The zero-order valence-electron chi connectivity index (χ0n) is 24.1. The smallest absolute Gasteiger partial charge is 0.278 e. The van der Waals surface area contributed by atoms with E-state index in [9.17, 15) is 9.65 Å². The molecular weight excluding hydrogens is 581 g/mol. The summed E-state index contributed by atoms with van der Waals surface area (Å²) in [5, 5.41) is 27.2. The number of benzene rings is 2. The van der Waals surface area contributed by atoms with Crippen LogP contribution in [-0.4, -0.2) is 38.2 Å². The van der Waals surface area contributed by atoms with Crippen LogP contribution in [0.5, 0.6) is 11.5 Å². The molecule has 1 aliphatic carbocycles. The van der Waals surface area contributed by atoms with Gasteiger partial charge in [0, 0.05) is 35.8 Å². The maximum Gasteiger partial charge on any atom is 0.278 e. The van der Waals surface area contributed by atoms with Crippen molar-refractivity contribution in [3.8, 4) is 35.0 Å². The summed E-state index contributed by atoms with van der Waals surface area (Å²) in [5.41, 5.74) is 3.75. The number of rotatable bonds is 7. The van der Waals surface area contributed by atoms with E-state index < -0.39 is 11.6 Å². The molecule has 2 fully saturated rings. The molecule has 3 aliphatic rings. The normalized spacial score (nSPS) is 20.7. The number of para-hydroxylation sites is 1. The molecule has 222 valence electrons. The van der Waals surface area contributed by atoms with Crippen molar-refractivity contribution in [3.63, 3.8) is 0 Å². The fourth-order valence-electron chi connectivity index (χ4n) is 6.30. The molecule has 0 spiro atoms. The summed E-state index contributed by atoms with van der Waals surface area (Å²) in [7, 11) is 0. The molecule has 2 aromatic carbocycles. The molecule has 9 nitrogen and oxygen atoms in total. The second-order valence-electron chi connectivity index (χ2n) is 12.0. The van der Waals surface area contributed by atoms with Crippen molar-refractivity contribution in [1.82, 2.24) is 25.1 Å². The maximum absolute atomic E-state index is 14.8. The molecule has 44 heavy (non-hydrogen) atoms. The zero-order chi connectivity index (χ0) is 30.5. The van der Waals surface area contributed by atoms with Crippen molar-refractivity contribution in [2.75, 3.05) is 13.1 Å². The second-order valence-corrected chi connectivity index (χ2v) is 12.5. The number of aromatic nitrogens is 4. The van der Waals surface area contributed by atoms with Crippen LogP contribution >= 0.6 is 11.6 Å². The summed E-state index contributed by atoms with van der Waals surface area (Å²) in [4.78, 5) is 10.1. The van der Waals surface area contributed by atoms with Crippen molar-refractivity contribution >= 4 is 11.6 Å². The highest BCUT2D eigenvalue weighted by molar-refractivity contribution is 6.30. The highest BCUT2D eigenvalue weighted by atomic mass is 35.5. The van der Waals surface area contributed by atoms with Crippen LogP contribution in [-0.2, 0) is 18.8 Å². The minimum Gasteiger partial charge on any atom is -0.444 e. The van der Waals surface area contributed by atoms with Crippen LogP contribution in [0.25, 0.3) is 11.4 Å². The summed E-state index contributed by atoms with van der Waals surface area (Å²) in [6.07, 6.45) is 5.99. The monoisotopic (exact) mass is 609 g/mol. The van der Waals surface area contributed by atoms with Gasteiger partial charge in [-0.05, 0) is 87.0 Å². The van der Waals surface area contributed by atoms with Crippen LogP contribution in [0, 0.1) is 33.9 Å². The maximum atomic E-state index is 14.8. The first-order valence-electron chi connectivity index (χ1n) is 14.7. The molecule has 2 aliphatic heterocycles. The predicted molar refractivity (Wildman–Crippen MR) is 159 cm³/mol. The quantitative estimate of drug-likeness (QED) is 0.255. The fraction of sp³-hybridized carbons (Fsp3) is 0.364. The molecule has 11 heteroatoms. The largest absolute Gasteiger partial charge is 0.444 e. The van der Waals surface area contributed by atoms with Crippen molar-refractivity contribution in [2.24, 2.45) is 5.41 Å². The number of nitrogens with one attached hydrogen (secondary N) is 1. The van der Waals surface area contributed by atoms with E-state index in [4.69, 9.17) is 31.3 Å². The van der Waals surface area contributed by atoms with Crippen molar-refractivity contribution in [3.05, 3.63) is 87.7 Å². The van der Waals surface area contributed by atoms with Crippen molar-refractivity contribution < 1.29 is 13.9 Å². The lowest BCUT2D eigenvalue weighted by atomic mass is 9.88. The number of hydrogen-bond donors (Lipinski definition) is 1. The number of halogens is 2. The van der Waals surface area contributed by atoms with Crippen LogP contribution in [0.15, 0.2) is 48.7 Å². The van der Waals surface area contributed by atoms with E-state index in [1.165, 1.54) is 6.07 Å². The highest BCUT2D eigenvalue weighted by Gasteiger charge is 2.44. The molecule has 1 atom stereocenters. The lowest BCUT2D eigenvalue weighted by Crippen LogP contribution is -2.34. The molecule has 1 N–H and O–H groups in total. The van der Waals surface area contributed by atoms with Gasteiger partial charge in [0.2, 0.25) is 5.82 Å². The molecule has 1 saturated carbocycles. The Morgan fingerprint density at radius 2 is 1.93 bits per heavy atom. The summed E-state index contributed by atoms with van der Waals surface area (Å²) >= 11 is 5.97. The van der Waals surface area contributed by atoms with Gasteiger partial charge in [-0.15, -0.1) is 10.2 Å². The van der Waals surface area contributed by atoms with Crippen LogP contribution in [0.2, 0.25) is 5.02 Å². The molecule has 2 aromatic heterocycles. The molecule has 0 radical (unpaired) electrons. The van der Waals surface area contributed by atoms with Gasteiger partial charge in [0.25, 0.3) is 5.79 Å². The third kappa shape index (κ3) is 5.25. The van der Waals surface area contributed by atoms with Gasteiger partial charge in [0.1, 0.15) is 11.9 Å². The van der Waals surface area contributed by atoms with Crippen LogP contribution in [0.4, 0.5) is 4.39 Å². The summed E-state index contributed by atoms with van der Waals surface area (Å²) in [5.74, 6) is 0.404. The van der Waals surface area contributed by atoms with Crippen LogP contribution in [0.1, 0.15) is 66.7 Å². The van der Waals surface area contributed by atoms with Crippen LogP contribution < -0.4 is 9.47 Å². The Balaban J connectivity index is 1.07. The van der Waals surface area contributed by atoms with Crippen molar-refractivity contribution in [1.29, 1.82) is 10.5 Å². The van der Waals surface area contributed by atoms with E-state index in [1.807, 2.05) is 24.3 Å². The molecule has 0 amide bonds. The van der Waals surface area contributed by atoms with E-state index in [1.54, 1.807) is 25.3 Å². The standard InChI is InChI=1S/C33H29ClFN7O2/c1-32(25-6-5-23(34)14-26(25)35)43-28-4-2-3-24(30(28)44-32)20-7-11-42(12-8-20)18-27-21(15-33(19-37)9-10-33)13-22(17-38-27)31-39-29(16-36)40-41-31/h2-6,13-14,17,20H,7-12,15,18H2,1H3,(H,39,40,41)/t32-/m0/s1. The average molecular weight is 610 g/mol. The van der Waals surface area contributed by atoms with E-state index in [2.05, 4.69) is 32.2 Å². The molecule has 0 bridgehead atoms. The molecule has 7 rings (SSSR count). The summed E-state index contributed by atoms with van der Waals surface area (Å²) < 4.78 is 27.4. The molecular formula is C33H29ClFN7O2. The van der Waals surface area contributed by atoms with Crippen molar-refractivity contribution in [2.45, 2.75) is 57.3 Å². The lowest BCUT2D eigenvalue weighted by molar-refractivity contribution is -0.0712. The lowest BCUT2D eigenvalue weighted by Gasteiger charge is -2.33. The van der Waals surface area contributed by atoms with E-state index in [-0.39, 0.29) is 17.2 Å². The minimum atomic E-state index is -1.29. The Kier molecular flexibility index (Phi) is 7.00. The first-order chi connectivity index (χ1) is 21.3. The van der Waals surface area contributed by atoms with Gasteiger partial charge in [-0.1, -0.05) is 23.7 Å². The first-order valence-corrected chi connectivity index (χ1v) is 15.1. The minimum absolute atomic E-state index is 0.145. The molecule has 4 aromatic rings. The average Bonchev–Trinajstić information content (AvgIpc) is 3.46. The number of ether oxygens (including phenoxy) is 2. The van der Waals surface area contributed by atoms with Gasteiger partial charge >= 0.3 is 0 Å². The van der Waals surface area contributed by atoms with Gasteiger partial charge in [0.05, 0.1) is 22.7 Å². The Hall–Kier alpha value is -4.51. The van der Waals surface area contributed by atoms with E-state index in [0.29, 0.717) is 40.9 Å². The number of aromatic amines is 1. The van der Waals surface area contributed by atoms with Gasteiger partial charge in [-0.2, -0.15) is 10.5 Å². The fourth-order valence-corrected chi connectivity index (χ4v) is 6.46. The number of H-pyrrole nitrogens is 1. The summed E-state index contributed by atoms with van der Waals surface area (Å²) in [6, 6.07) is 16.9. The Morgan fingerprint density at radius 1 is 1.11 bits per heavy atom. The molecule has 0 unspecified atom stereocenters. The molecule has 1 saturated heterocycles. The predicted octanol–water partition coefficient (Wildman–Crippen LogP) is 6.40. The SMILES string of the molecule is C[C@]1(c2ccc(Cl)cc2F)Oc2cccc(C3CCN(Cc4ncc(-c5nnc(C#N)[nH]5)cc4CC4(C#N)CC4)CC3)c2O1. The number of nitriles is 2. The Labute approximate surface area is 259 Å². The Morgan fingerprint density at radius 3 is 2.64 bits per heavy atom. The molecule has 4 heterocycles. The van der Waals surface area contributed by atoms with Gasteiger partial charge in [0.15, 0.2) is 17.3 Å². The topological polar surface area (TPSA) is 124 Å². The first kappa shape index (κ1) is 28.3. The van der Waals surface area contributed by atoms with E-state index in [0.717, 1.165) is 61.2 Å². The third-order valence-electron chi connectivity index (χ3n) is 8.98. The van der Waals surface area contributed by atoms with Gasteiger partial charge < -0.3 is 14.5 Å². The van der Waals surface area contributed by atoms with E-state index >= 15 is 0 Å². The number of piperidine rings is 1. The Bertz CT molecular complexity index is 1830. The highest BCUT2D eigenvalue weighted by Crippen LogP contribution is 2.50. The number of hydrogen-bond acceptors (Lipinski definition) is 8. The zero-order valence-corrected chi connectivity index (χ0v) is 24.9. The van der Waals surface area contributed by atoms with Crippen LogP contribution in [0.3, 0.4) is 0 Å². The second kappa shape index (κ2) is 10.9. The van der Waals surface area contributed by atoms with Gasteiger partial charge in [-0.25, -0.2) is 4.39 Å². The number of nitrogens with zero attached hydrogens (tertiary/aromatic N) is 6. The third-order valence-corrected chi connectivity index (χ3v) is 9.21.